The lowest BCUT2D eigenvalue weighted by Crippen LogP contribution is -1.95. The Morgan fingerprint density at radius 3 is 2.08 bits per heavy atom. The number of pyridine rings is 1. The maximum atomic E-state index is 6.04. The van der Waals surface area contributed by atoms with Gasteiger partial charge in [0.15, 0.2) is 0 Å². The second kappa shape index (κ2) is 6.71. The van der Waals surface area contributed by atoms with E-state index < -0.39 is 0 Å². The molecular formula is C20H13Cl2N3. The summed E-state index contributed by atoms with van der Waals surface area (Å²) in [6.07, 6.45) is 1.71. The van der Waals surface area contributed by atoms with Crippen LogP contribution < -0.4 is 5.43 Å². The summed E-state index contributed by atoms with van der Waals surface area (Å²) < 4.78 is 0. The molecular weight excluding hydrogens is 353 g/mol. The standard InChI is InChI=1S/C20H13Cl2N3/c21-16-10-9-13(11-17(16)22)12-23-25-20-14-5-1-3-7-18(14)24-19-8-4-2-6-15(19)20/h1-12H,(H,24,25)/b23-12+. The van der Waals surface area contributed by atoms with Gasteiger partial charge in [0.2, 0.25) is 0 Å². The van der Waals surface area contributed by atoms with Crippen molar-refractivity contribution in [2.24, 2.45) is 5.10 Å². The Morgan fingerprint density at radius 2 is 1.44 bits per heavy atom. The van der Waals surface area contributed by atoms with Crippen LogP contribution in [0, 0.1) is 0 Å². The number of benzene rings is 3. The molecule has 0 fully saturated rings. The van der Waals surface area contributed by atoms with E-state index in [0.717, 1.165) is 33.1 Å². The molecule has 0 saturated carbocycles. The Hall–Kier alpha value is -2.62. The number of nitrogens with one attached hydrogen (secondary N) is 1. The van der Waals surface area contributed by atoms with Crippen molar-refractivity contribution in [3.8, 4) is 0 Å². The number of hydrazone groups is 1. The molecule has 3 aromatic carbocycles. The van der Waals surface area contributed by atoms with Crippen molar-refractivity contribution >= 4 is 56.9 Å². The zero-order valence-electron chi connectivity index (χ0n) is 13.1. The first-order valence-electron chi connectivity index (χ1n) is 7.74. The lowest BCUT2D eigenvalue weighted by Gasteiger charge is -2.09. The van der Waals surface area contributed by atoms with Gasteiger partial charge in [0.25, 0.3) is 0 Å². The summed E-state index contributed by atoms with van der Waals surface area (Å²) in [6, 6.07) is 21.4. The Kier molecular flexibility index (Phi) is 4.26. The van der Waals surface area contributed by atoms with E-state index in [0.29, 0.717) is 10.0 Å². The van der Waals surface area contributed by atoms with Crippen LogP contribution in [0.15, 0.2) is 71.8 Å². The molecule has 0 aliphatic carbocycles. The maximum absolute atomic E-state index is 6.04. The van der Waals surface area contributed by atoms with E-state index in [4.69, 9.17) is 28.2 Å². The van der Waals surface area contributed by atoms with Crippen LogP contribution in [0.4, 0.5) is 5.69 Å². The molecule has 0 radical (unpaired) electrons. The smallest absolute Gasteiger partial charge is 0.0749 e. The second-order valence-corrected chi connectivity index (χ2v) is 6.38. The molecule has 5 heteroatoms. The molecule has 1 N–H and O–H groups in total. The fourth-order valence-electron chi connectivity index (χ4n) is 2.72. The van der Waals surface area contributed by atoms with Crippen LogP contribution in [0.3, 0.4) is 0 Å². The van der Waals surface area contributed by atoms with Crippen LogP contribution in [0.25, 0.3) is 21.8 Å². The number of para-hydroxylation sites is 2. The van der Waals surface area contributed by atoms with Gasteiger partial charge in [0.1, 0.15) is 0 Å². The molecule has 4 aromatic rings. The first kappa shape index (κ1) is 15.9. The number of nitrogens with zero attached hydrogens (tertiary/aromatic N) is 2. The lowest BCUT2D eigenvalue weighted by molar-refractivity contribution is 1.36. The van der Waals surface area contributed by atoms with Crippen LogP contribution in [0.1, 0.15) is 5.56 Å². The van der Waals surface area contributed by atoms with Crippen LogP contribution in [-0.4, -0.2) is 11.2 Å². The van der Waals surface area contributed by atoms with E-state index in [1.807, 2.05) is 54.6 Å². The normalized spacial score (nSPS) is 11.4. The number of fused-ring (bicyclic) bond motifs is 2. The summed E-state index contributed by atoms with van der Waals surface area (Å²) >= 11 is 12.0. The van der Waals surface area contributed by atoms with Crippen molar-refractivity contribution in [2.75, 3.05) is 5.43 Å². The monoisotopic (exact) mass is 365 g/mol. The molecule has 1 heterocycles. The molecule has 0 amide bonds. The molecule has 0 aliphatic rings. The topological polar surface area (TPSA) is 37.3 Å². The molecule has 1 aromatic heterocycles. The van der Waals surface area contributed by atoms with E-state index in [9.17, 15) is 0 Å². The molecule has 122 valence electrons. The fourth-order valence-corrected chi connectivity index (χ4v) is 3.03. The molecule has 3 nitrogen and oxygen atoms in total. The summed E-state index contributed by atoms with van der Waals surface area (Å²) in [6.45, 7) is 0. The highest BCUT2D eigenvalue weighted by Crippen LogP contribution is 2.30. The van der Waals surface area contributed by atoms with Gasteiger partial charge in [0, 0.05) is 10.8 Å². The predicted octanol–water partition coefficient (Wildman–Crippen LogP) is 6.14. The van der Waals surface area contributed by atoms with Gasteiger partial charge >= 0.3 is 0 Å². The maximum Gasteiger partial charge on any atom is 0.0749 e. The van der Waals surface area contributed by atoms with E-state index >= 15 is 0 Å². The number of anilines is 1. The molecule has 0 saturated heterocycles. The number of aromatic nitrogens is 1. The average Bonchev–Trinajstić information content (AvgIpc) is 2.64. The largest absolute Gasteiger partial charge is 0.277 e. The van der Waals surface area contributed by atoms with Crippen molar-refractivity contribution in [1.82, 2.24) is 4.98 Å². The van der Waals surface area contributed by atoms with Crippen molar-refractivity contribution in [3.05, 3.63) is 82.3 Å². The first-order chi connectivity index (χ1) is 12.2. The van der Waals surface area contributed by atoms with Gasteiger partial charge in [-0.05, 0) is 29.8 Å². The zero-order valence-corrected chi connectivity index (χ0v) is 14.6. The highest BCUT2D eigenvalue weighted by Gasteiger charge is 2.07. The van der Waals surface area contributed by atoms with Crippen molar-refractivity contribution in [1.29, 1.82) is 0 Å². The summed E-state index contributed by atoms with van der Waals surface area (Å²) in [5, 5.41) is 7.45. The van der Waals surface area contributed by atoms with Gasteiger partial charge in [-0.3, -0.25) is 5.43 Å². The Bertz CT molecular complexity index is 1050. The minimum absolute atomic E-state index is 0.505. The van der Waals surface area contributed by atoms with Gasteiger partial charge in [-0.2, -0.15) is 5.10 Å². The molecule has 4 rings (SSSR count). The van der Waals surface area contributed by atoms with Gasteiger partial charge in [-0.15, -0.1) is 0 Å². The minimum atomic E-state index is 0.505. The molecule has 0 unspecified atom stereocenters. The van der Waals surface area contributed by atoms with Gasteiger partial charge in [0.05, 0.1) is 33.0 Å². The highest BCUT2D eigenvalue weighted by molar-refractivity contribution is 6.42. The Balaban J connectivity index is 1.76. The van der Waals surface area contributed by atoms with Crippen molar-refractivity contribution < 1.29 is 0 Å². The number of halogens is 2. The van der Waals surface area contributed by atoms with Crippen LogP contribution in [0.5, 0.6) is 0 Å². The Morgan fingerprint density at radius 1 is 0.800 bits per heavy atom. The third-order valence-corrected chi connectivity index (χ3v) is 4.66. The van der Waals surface area contributed by atoms with Gasteiger partial charge in [-0.25, -0.2) is 4.98 Å². The summed E-state index contributed by atoms with van der Waals surface area (Å²) in [4.78, 5) is 4.70. The average molecular weight is 366 g/mol. The van der Waals surface area contributed by atoms with Crippen LogP contribution >= 0.6 is 23.2 Å². The highest BCUT2D eigenvalue weighted by atomic mass is 35.5. The fraction of sp³-hybridized carbons (Fsp3) is 0. The lowest BCUT2D eigenvalue weighted by atomic mass is 10.1. The quantitative estimate of drug-likeness (QED) is 0.269. The summed E-state index contributed by atoms with van der Waals surface area (Å²) in [5.74, 6) is 0. The van der Waals surface area contributed by atoms with Crippen LogP contribution in [-0.2, 0) is 0 Å². The molecule has 0 atom stereocenters. The SMILES string of the molecule is Clc1ccc(/C=N/Nc2c3ccccc3nc3ccccc23)cc1Cl. The molecule has 25 heavy (non-hydrogen) atoms. The second-order valence-electron chi connectivity index (χ2n) is 5.56. The Labute approximate surface area is 154 Å². The first-order valence-corrected chi connectivity index (χ1v) is 8.49. The van der Waals surface area contributed by atoms with Gasteiger partial charge in [-0.1, -0.05) is 65.7 Å². The summed E-state index contributed by atoms with van der Waals surface area (Å²) in [7, 11) is 0. The van der Waals surface area contributed by atoms with E-state index in [-0.39, 0.29) is 0 Å². The van der Waals surface area contributed by atoms with Gasteiger partial charge < -0.3 is 0 Å². The molecule has 0 bridgehead atoms. The van der Waals surface area contributed by atoms with E-state index in [1.165, 1.54) is 0 Å². The number of rotatable bonds is 3. The van der Waals surface area contributed by atoms with Crippen molar-refractivity contribution in [2.45, 2.75) is 0 Å². The minimum Gasteiger partial charge on any atom is -0.277 e. The van der Waals surface area contributed by atoms with Crippen molar-refractivity contribution in [3.63, 3.8) is 0 Å². The predicted molar refractivity (Wildman–Crippen MR) is 107 cm³/mol. The van der Waals surface area contributed by atoms with E-state index in [1.54, 1.807) is 18.3 Å². The number of hydrogen-bond acceptors (Lipinski definition) is 3. The third-order valence-electron chi connectivity index (χ3n) is 3.92. The third kappa shape index (κ3) is 3.16. The molecule has 0 spiro atoms. The molecule has 0 aliphatic heterocycles. The summed E-state index contributed by atoms with van der Waals surface area (Å²) in [5.41, 5.74) is 6.81. The number of hydrogen-bond donors (Lipinski definition) is 1. The zero-order chi connectivity index (χ0) is 17.2. The van der Waals surface area contributed by atoms with Crippen LogP contribution in [0.2, 0.25) is 10.0 Å². The van der Waals surface area contributed by atoms with E-state index in [2.05, 4.69) is 10.5 Å².